The van der Waals surface area contributed by atoms with Gasteiger partial charge in [-0.1, -0.05) is 26.7 Å². The fraction of sp³-hybridized carbons (Fsp3) is 0.929. The molecule has 3 atom stereocenters. The van der Waals surface area contributed by atoms with E-state index in [4.69, 9.17) is 14.2 Å². The first kappa shape index (κ1) is 16.4. The van der Waals surface area contributed by atoms with Gasteiger partial charge in [-0.05, 0) is 12.8 Å². The van der Waals surface area contributed by atoms with Crippen LogP contribution in [0.15, 0.2) is 0 Å². The Morgan fingerprint density at radius 2 is 1.95 bits per heavy atom. The maximum absolute atomic E-state index is 13.9. The molecular formula is C14H25FO4. The van der Waals surface area contributed by atoms with Crippen LogP contribution in [-0.4, -0.2) is 44.2 Å². The minimum atomic E-state index is -1.20. The fourth-order valence-corrected chi connectivity index (χ4v) is 1.84. The first-order valence-corrected chi connectivity index (χ1v) is 7.22. The lowest BCUT2D eigenvalue weighted by Crippen LogP contribution is -2.46. The van der Waals surface area contributed by atoms with Crippen LogP contribution in [0.25, 0.3) is 0 Å². The van der Waals surface area contributed by atoms with Crippen molar-refractivity contribution < 1.29 is 23.4 Å². The Morgan fingerprint density at radius 3 is 2.63 bits per heavy atom. The lowest BCUT2D eigenvalue weighted by molar-refractivity contribution is -0.184. The van der Waals surface area contributed by atoms with Crippen molar-refractivity contribution in [2.45, 2.75) is 64.3 Å². The second-order valence-electron chi connectivity index (χ2n) is 4.87. The van der Waals surface area contributed by atoms with Gasteiger partial charge >= 0.3 is 5.97 Å². The summed E-state index contributed by atoms with van der Waals surface area (Å²) in [7, 11) is 0. The average Bonchev–Trinajstić information content (AvgIpc) is 2.39. The summed E-state index contributed by atoms with van der Waals surface area (Å²) in [6.45, 7) is 5.27. The summed E-state index contributed by atoms with van der Waals surface area (Å²) in [5.41, 5.74) is 0. The van der Waals surface area contributed by atoms with Gasteiger partial charge in [0.15, 0.2) is 12.2 Å². The number of halogens is 1. The second kappa shape index (κ2) is 9.26. The molecule has 0 aromatic rings. The largest absolute Gasteiger partial charge is 0.455 e. The highest BCUT2D eigenvalue weighted by atomic mass is 19.1. The lowest BCUT2D eigenvalue weighted by Gasteiger charge is -2.30. The maximum atomic E-state index is 13.9. The fourth-order valence-electron chi connectivity index (χ4n) is 1.84. The highest BCUT2D eigenvalue weighted by Crippen LogP contribution is 2.21. The van der Waals surface area contributed by atoms with Crippen molar-refractivity contribution in [3.8, 4) is 0 Å². The zero-order valence-corrected chi connectivity index (χ0v) is 11.9. The molecule has 4 nitrogen and oxygen atoms in total. The van der Waals surface area contributed by atoms with Crippen molar-refractivity contribution in [3.05, 3.63) is 0 Å². The van der Waals surface area contributed by atoms with Gasteiger partial charge in [0.25, 0.3) is 0 Å². The summed E-state index contributed by atoms with van der Waals surface area (Å²) in [5.74, 6) is -0.464. The molecule has 1 fully saturated rings. The van der Waals surface area contributed by atoms with Gasteiger partial charge in [0.05, 0.1) is 6.61 Å². The first-order valence-electron chi connectivity index (χ1n) is 7.22. The van der Waals surface area contributed by atoms with E-state index in [1.54, 1.807) is 0 Å². The molecule has 3 unspecified atom stereocenters. The number of carbonyl (C=O) groups excluding carboxylic acids is 1. The van der Waals surface area contributed by atoms with Crippen LogP contribution in [0.1, 0.15) is 46.0 Å². The maximum Gasteiger partial charge on any atom is 0.335 e. The summed E-state index contributed by atoms with van der Waals surface area (Å²) < 4.78 is 29.6. The summed E-state index contributed by atoms with van der Waals surface area (Å²) >= 11 is 0. The number of hydrogen-bond acceptors (Lipinski definition) is 4. The normalized spacial score (nSPS) is 27.3. The minimum Gasteiger partial charge on any atom is -0.455 e. The van der Waals surface area contributed by atoms with E-state index < -0.39 is 24.3 Å². The molecule has 0 aliphatic carbocycles. The Morgan fingerprint density at radius 1 is 1.26 bits per heavy atom. The van der Waals surface area contributed by atoms with Crippen LogP contribution in [0.4, 0.5) is 4.39 Å². The number of cyclic esters (lactones) is 1. The SMILES string of the molecule is CCCCOCC1OC(=O)C(OCCCC)CC1F. The standard InChI is InChI=1S/C14H25FO4/c1-3-5-7-17-10-13-11(15)9-12(14(16)19-13)18-8-6-4-2/h11-13H,3-10H2,1-2H3. The van der Waals surface area contributed by atoms with Gasteiger partial charge in [0.1, 0.15) is 6.17 Å². The van der Waals surface area contributed by atoms with Gasteiger partial charge in [0.2, 0.25) is 0 Å². The van der Waals surface area contributed by atoms with Crippen LogP contribution in [0.3, 0.4) is 0 Å². The lowest BCUT2D eigenvalue weighted by atomic mass is 10.0. The van der Waals surface area contributed by atoms with Crippen molar-refractivity contribution in [1.82, 2.24) is 0 Å². The Bertz CT molecular complexity index is 260. The van der Waals surface area contributed by atoms with Crippen molar-refractivity contribution in [3.63, 3.8) is 0 Å². The minimum absolute atomic E-state index is 0.0738. The van der Waals surface area contributed by atoms with E-state index in [9.17, 15) is 9.18 Å². The number of ether oxygens (including phenoxy) is 3. The van der Waals surface area contributed by atoms with E-state index in [1.165, 1.54) is 0 Å². The van der Waals surface area contributed by atoms with Gasteiger partial charge in [-0.3, -0.25) is 0 Å². The first-order chi connectivity index (χ1) is 9.19. The summed E-state index contributed by atoms with van der Waals surface area (Å²) in [6.07, 6.45) is 1.13. The molecule has 0 aromatic heterocycles. The topological polar surface area (TPSA) is 44.8 Å². The van der Waals surface area contributed by atoms with E-state index in [-0.39, 0.29) is 13.0 Å². The molecule has 1 aliphatic heterocycles. The van der Waals surface area contributed by atoms with E-state index in [2.05, 4.69) is 6.92 Å². The number of esters is 1. The van der Waals surface area contributed by atoms with Gasteiger partial charge in [-0.15, -0.1) is 0 Å². The van der Waals surface area contributed by atoms with E-state index in [0.717, 1.165) is 25.7 Å². The third kappa shape index (κ3) is 5.87. The predicted molar refractivity (Wildman–Crippen MR) is 69.8 cm³/mol. The number of unbranched alkanes of at least 4 members (excludes halogenated alkanes) is 2. The van der Waals surface area contributed by atoms with E-state index in [0.29, 0.717) is 13.2 Å². The molecular weight excluding hydrogens is 251 g/mol. The molecule has 0 N–H and O–H groups in total. The van der Waals surface area contributed by atoms with Crippen LogP contribution < -0.4 is 0 Å². The van der Waals surface area contributed by atoms with Crippen molar-refractivity contribution in [2.24, 2.45) is 0 Å². The molecule has 0 bridgehead atoms. The zero-order chi connectivity index (χ0) is 14.1. The van der Waals surface area contributed by atoms with Crippen LogP contribution in [-0.2, 0) is 19.0 Å². The molecule has 0 amide bonds. The highest BCUT2D eigenvalue weighted by molar-refractivity contribution is 5.75. The highest BCUT2D eigenvalue weighted by Gasteiger charge is 2.38. The number of rotatable bonds is 9. The average molecular weight is 276 g/mol. The van der Waals surface area contributed by atoms with Crippen LogP contribution in [0.5, 0.6) is 0 Å². The van der Waals surface area contributed by atoms with Crippen LogP contribution in [0.2, 0.25) is 0 Å². The molecule has 19 heavy (non-hydrogen) atoms. The molecule has 112 valence electrons. The Hall–Kier alpha value is -0.680. The molecule has 0 spiro atoms. The number of carbonyl (C=O) groups is 1. The second-order valence-corrected chi connectivity index (χ2v) is 4.87. The molecule has 1 rings (SSSR count). The monoisotopic (exact) mass is 276 g/mol. The third-order valence-corrected chi connectivity index (χ3v) is 3.11. The van der Waals surface area contributed by atoms with Gasteiger partial charge in [-0.2, -0.15) is 0 Å². The molecule has 0 saturated carbocycles. The van der Waals surface area contributed by atoms with Gasteiger partial charge in [-0.25, -0.2) is 9.18 Å². The molecule has 5 heteroatoms. The van der Waals surface area contributed by atoms with Crippen LogP contribution in [0, 0.1) is 0 Å². The number of hydrogen-bond donors (Lipinski definition) is 0. The van der Waals surface area contributed by atoms with Crippen molar-refractivity contribution in [2.75, 3.05) is 19.8 Å². The molecule has 1 saturated heterocycles. The molecule has 1 aliphatic rings. The predicted octanol–water partition coefficient (Wildman–Crippen LogP) is 2.64. The summed E-state index contributed by atoms with van der Waals surface area (Å²) in [4.78, 5) is 11.7. The van der Waals surface area contributed by atoms with Crippen molar-refractivity contribution >= 4 is 5.97 Å². The molecule has 0 aromatic carbocycles. The summed E-state index contributed by atoms with van der Waals surface area (Å²) in [5, 5.41) is 0. The van der Waals surface area contributed by atoms with E-state index >= 15 is 0 Å². The summed E-state index contributed by atoms with van der Waals surface area (Å²) in [6, 6.07) is 0. The Labute approximate surface area is 114 Å². The Balaban J connectivity index is 2.27. The smallest absolute Gasteiger partial charge is 0.335 e. The molecule has 0 radical (unpaired) electrons. The zero-order valence-electron chi connectivity index (χ0n) is 11.9. The Kier molecular flexibility index (Phi) is 7.98. The quantitative estimate of drug-likeness (QED) is 0.480. The van der Waals surface area contributed by atoms with Crippen LogP contribution >= 0.6 is 0 Å². The number of alkyl halides is 1. The van der Waals surface area contributed by atoms with E-state index in [1.807, 2.05) is 6.92 Å². The van der Waals surface area contributed by atoms with Gasteiger partial charge < -0.3 is 14.2 Å². The molecule has 1 heterocycles. The van der Waals surface area contributed by atoms with Crippen molar-refractivity contribution in [1.29, 1.82) is 0 Å². The van der Waals surface area contributed by atoms with Gasteiger partial charge in [0, 0.05) is 19.6 Å². The third-order valence-electron chi connectivity index (χ3n) is 3.11.